The summed E-state index contributed by atoms with van der Waals surface area (Å²) in [6, 6.07) is 5.69. The minimum atomic E-state index is -0.470. The maximum Gasteiger partial charge on any atom is 0.316 e. The molecule has 0 aliphatic carbocycles. The number of rotatable bonds is 2. The van der Waals surface area contributed by atoms with Crippen molar-refractivity contribution >= 4 is 11.6 Å². The molecule has 2 aromatic rings. The molecule has 1 heterocycles. The molecule has 0 spiro atoms. The largest absolute Gasteiger partial charge is 0.368 e. The van der Waals surface area contributed by atoms with Crippen molar-refractivity contribution in [3.63, 3.8) is 0 Å². The van der Waals surface area contributed by atoms with Gasteiger partial charge in [0.15, 0.2) is 5.69 Å². The number of nitrogens with two attached hydrogens (primary N) is 1. The Balaban J connectivity index is 2.77. The fourth-order valence-electron chi connectivity index (χ4n) is 2.12. The number of aromatic nitrogens is 2. The molecule has 2 rings (SSSR count). The Morgan fingerprint density at radius 1 is 1.11 bits per heavy atom. The van der Waals surface area contributed by atoms with E-state index >= 15 is 0 Å². The second-order valence-electron chi connectivity index (χ2n) is 4.50. The zero-order valence-corrected chi connectivity index (χ0v) is 11.0. The summed E-state index contributed by atoms with van der Waals surface area (Å²) in [4.78, 5) is 18.6. The summed E-state index contributed by atoms with van der Waals surface area (Å²) in [5.41, 5.74) is 8.74. The molecule has 0 aliphatic rings. The van der Waals surface area contributed by atoms with Gasteiger partial charge in [-0.3, -0.25) is 10.1 Å². The van der Waals surface area contributed by atoms with E-state index in [2.05, 4.69) is 9.97 Å². The summed E-state index contributed by atoms with van der Waals surface area (Å²) in [7, 11) is 0. The van der Waals surface area contributed by atoms with Gasteiger partial charge in [0.1, 0.15) is 5.69 Å². The van der Waals surface area contributed by atoms with Gasteiger partial charge in [-0.15, -0.1) is 0 Å². The molecule has 2 N–H and O–H groups in total. The fourth-order valence-corrected chi connectivity index (χ4v) is 2.12. The van der Waals surface area contributed by atoms with Gasteiger partial charge >= 0.3 is 5.69 Å². The fraction of sp³-hybridized carbons (Fsp3) is 0.231. The molecular formula is C13H14N4O2. The lowest BCUT2D eigenvalue weighted by Crippen LogP contribution is -2.04. The molecule has 0 bridgehead atoms. The molecule has 0 atom stereocenters. The lowest BCUT2D eigenvalue weighted by atomic mass is 10.0. The van der Waals surface area contributed by atoms with Crippen LogP contribution in [-0.4, -0.2) is 14.9 Å². The minimum Gasteiger partial charge on any atom is -0.368 e. The van der Waals surface area contributed by atoms with Crippen LogP contribution in [0.4, 0.5) is 11.6 Å². The molecule has 19 heavy (non-hydrogen) atoms. The van der Waals surface area contributed by atoms with Crippen molar-refractivity contribution in [3.05, 3.63) is 45.1 Å². The van der Waals surface area contributed by atoms with Crippen molar-refractivity contribution in [2.75, 3.05) is 5.73 Å². The zero-order valence-electron chi connectivity index (χ0n) is 11.0. The molecule has 0 radical (unpaired) electrons. The van der Waals surface area contributed by atoms with Gasteiger partial charge in [0.2, 0.25) is 5.95 Å². The second kappa shape index (κ2) is 4.64. The van der Waals surface area contributed by atoms with Crippen molar-refractivity contribution in [3.8, 4) is 11.3 Å². The Bertz CT molecular complexity index is 648. The Morgan fingerprint density at radius 3 is 2.21 bits per heavy atom. The van der Waals surface area contributed by atoms with E-state index in [0.29, 0.717) is 5.56 Å². The van der Waals surface area contributed by atoms with Gasteiger partial charge in [-0.25, -0.2) is 9.97 Å². The predicted octanol–water partition coefficient (Wildman–Crippen LogP) is 2.56. The molecule has 0 unspecified atom stereocenters. The monoisotopic (exact) mass is 258 g/mol. The molecule has 0 saturated heterocycles. The van der Waals surface area contributed by atoms with Gasteiger partial charge in [-0.2, -0.15) is 0 Å². The number of hydrogen-bond acceptors (Lipinski definition) is 5. The van der Waals surface area contributed by atoms with Gasteiger partial charge in [-0.1, -0.05) is 17.2 Å². The molecule has 98 valence electrons. The van der Waals surface area contributed by atoms with Gasteiger partial charge < -0.3 is 5.73 Å². The van der Waals surface area contributed by atoms with Gasteiger partial charge in [0.05, 0.1) is 4.92 Å². The van der Waals surface area contributed by atoms with Crippen LogP contribution >= 0.6 is 0 Å². The van der Waals surface area contributed by atoms with Crippen LogP contribution in [0, 0.1) is 30.9 Å². The number of nitrogens with zero attached hydrogens (tertiary/aromatic N) is 3. The lowest BCUT2D eigenvalue weighted by molar-refractivity contribution is -0.385. The first-order valence-corrected chi connectivity index (χ1v) is 5.75. The predicted molar refractivity (Wildman–Crippen MR) is 72.7 cm³/mol. The molecular weight excluding hydrogens is 244 g/mol. The van der Waals surface area contributed by atoms with Gasteiger partial charge in [0.25, 0.3) is 0 Å². The van der Waals surface area contributed by atoms with Gasteiger partial charge in [0, 0.05) is 5.56 Å². The number of nitrogen functional groups attached to an aromatic ring is 1. The van der Waals surface area contributed by atoms with E-state index in [1.165, 1.54) is 0 Å². The summed E-state index contributed by atoms with van der Waals surface area (Å²) in [6.07, 6.45) is 0. The summed E-state index contributed by atoms with van der Waals surface area (Å²) in [6.45, 7) is 5.42. The van der Waals surface area contributed by atoms with E-state index in [-0.39, 0.29) is 23.0 Å². The Kier molecular flexibility index (Phi) is 3.16. The van der Waals surface area contributed by atoms with Crippen LogP contribution in [0.3, 0.4) is 0 Å². The van der Waals surface area contributed by atoms with E-state index in [1.54, 1.807) is 6.92 Å². The summed E-state index contributed by atoms with van der Waals surface area (Å²) >= 11 is 0. The van der Waals surface area contributed by atoms with Crippen LogP contribution in [0.25, 0.3) is 11.3 Å². The summed E-state index contributed by atoms with van der Waals surface area (Å²) < 4.78 is 0. The van der Waals surface area contributed by atoms with E-state index < -0.39 is 4.92 Å². The van der Waals surface area contributed by atoms with Crippen LogP contribution in [0.2, 0.25) is 0 Å². The standard InChI is InChI=1S/C13H14N4O2/c1-7-4-8(2)6-10(5-7)11-12(17(18)19)9(3)15-13(14)16-11/h4-6H,1-3H3,(H2,14,15,16). The highest BCUT2D eigenvalue weighted by atomic mass is 16.6. The van der Waals surface area contributed by atoms with Crippen molar-refractivity contribution < 1.29 is 4.92 Å². The molecule has 0 saturated carbocycles. The highest BCUT2D eigenvalue weighted by Crippen LogP contribution is 2.31. The van der Waals surface area contributed by atoms with Crippen molar-refractivity contribution in [2.24, 2.45) is 0 Å². The maximum absolute atomic E-state index is 11.2. The maximum atomic E-state index is 11.2. The van der Waals surface area contributed by atoms with Crippen LogP contribution in [-0.2, 0) is 0 Å². The first-order chi connectivity index (χ1) is 8.88. The molecule has 6 nitrogen and oxygen atoms in total. The molecule has 0 amide bonds. The van der Waals surface area contributed by atoms with Gasteiger partial charge in [-0.05, 0) is 32.9 Å². The summed E-state index contributed by atoms with van der Waals surface area (Å²) in [5, 5.41) is 11.2. The number of anilines is 1. The number of nitro groups is 1. The minimum absolute atomic E-state index is 0.0391. The third-order valence-corrected chi connectivity index (χ3v) is 2.75. The molecule has 1 aromatic heterocycles. The van der Waals surface area contributed by atoms with E-state index in [4.69, 9.17) is 5.73 Å². The first kappa shape index (κ1) is 12.9. The molecule has 1 aromatic carbocycles. The van der Waals surface area contributed by atoms with Crippen molar-refractivity contribution in [1.29, 1.82) is 0 Å². The van der Waals surface area contributed by atoms with Crippen LogP contribution in [0.1, 0.15) is 16.8 Å². The van der Waals surface area contributed by atoms with Crippen LogP contribution in [0.15, 0.2) is 18.2 Å². The van der Waals surface area contributed by atoms with Crippen LogP contribution < -0.4 is 5.73 Å². The Labute approximate surface area is 110 Å². The molecule has 0 fully saturated rings. The quantitative estimate of drug-likeness (QED) is 0.659. The Hall–Kier alpha value is -2.50. The SMILES string of the molecule is Cc1cc(C)cc(-c2nc(N)nc(C)c2[N+](=O)[O-])c1. The number of benzene rings is 1. The van der Waals surface area contributed by atoms with E-state index in [0.717, 1.165) is 11.1 Å². The number of hydrogen-bond donors (Lipinski definition) is 1. The third-order valence-electron chi connectivity index (χ3n) is 2.75. The lowest BCUT2D eigenvalue weighted by Gasteiger charge is -2.07. The van der Waals surface area contributed by atoms with Crippen LogP contribution in [0.5, 0.6) is 0 Å². The van der Waals surface area contributed by atoms with E-state index in [1.807, 2.05) is 32.0 Å². The highest BCUT2D eigenvalue weighted by molar-refractivity contribution is 5.72. The average Bonchev–Trinajstić information content (AvgIpc) is 2.25. The van der Waals surface area contributed by atoms with Crippen molar-refractivity contribution in [1.82, 2.24) is 9.97 Å². The smallest absolute Gasteiger partial charge is 0.316 e. The zero-order chi connectivity index (χ0) is 14.2. The second-order valence-corrected chi connectivity index (χ2v) is 4.50. The Morgan fingerprint density at radius 2 is 1.68 bits per heavy atom. The average molecular weight is 258 g/mol. The first-order valence-electron chi connectivity index (χ1n) is 5.75. The molecule has 6 heteroatoms. The topological polar surface area (TPSA) is 94.9 Å². The number of aryl methyl sites for hydroxylation is 3. The van der Waals surface area contributed by atoms with E-state index in [9.17, 15) is 10.1 Å². The third kappa shape index (κ3) is 2.52. The molecule has 0 aliphatic heterocycles. The normalized spacial score (nSPS) is 10.5. The highest BCUT2D eigenvalue weighted by Gasteiger charge is 2.22. The van der Waals surface area contributed by atoms with Crippen molar-refractivity contribution in [2.45, 2.75) is 20.8 Å². The summed E-state index contributed by atoms with van der Waals surface area (Å²) in [5.74, 6) is 0.0391.